The molecule has 4 amide bonds. The molecule has 3 fully saturated rings. The molecular formula is C30H37F3N4O2. The number of nitrogens with zero attached hydrogens (tertiary/aromatic N) is 2. The van der Waals surface area contributed by atoms with Gasteiger partial charge in [-0.05, 0) is 93.0 Å². The summed E-state index contributed by atoms with van der Waals surface area (Å²) < 4.78 is 41.2. The van der Waals surface area contributed by atoms with Crippen LogP contribution in [0.5, 0.6) is 0 Å². The van der Waals surface area contributed by atoms with Gasteiger partial charge in [0.25, 0.3) is 0 Å². The first-order valence-electron chi connectivity index (χ1n) is 14.1. The summed E-state index contributed by atoms with van der Waals surface area (Å²) in [5.41, 5.74) is 1.21. The monoisotopic (exact) mass is 542 g/mol. The van der Waals surface area contributed by atoms with E-state index in [1.807, 2.05) is 12.1 Å². The summed E-state index contributed by atoms with van der Waals surface area (Å²) in [5.74, 6) is -1.72. The molecule has 0 unspecified atom stereocenters. The highest BCUT2D eigenvalue weighted by Crippen LogP contribution is 2.50. The molecule has 0 bridgehead atoms. The van der Waals surface area contributed by atoms with E-state index >= 15 is 0 Å². The largest absolute Gasteiger partial charge is 0.338 e. The first kappa shape index (κ1) is 27.5. The summed E-state index contributed by atoms with van der Waals surface area (Å²) in [5, 5.41) is 5.80. The molecule has 5 rings (SSSR count). The molecular weight excluding hydrogens is 505 g/mol. The summed E-state index contributed by atoms with van der Waals surface area (Å²) in [7, 11) is 0. The molecule has 2 heterocycles. The van der Waals surface area contributed by atoms with Crippen LogP contribution in [0.4, 0.5) is 22.8 Å². The van der Waals surface area contributed by atoms with Crippen molar-refractivity contribution in [2.45, 2.75) is 63.3 Å². The van der Waals surface area contributed by atoms with Crippen LogP contribution in [0.2, 0.25) is 0 Å². The van der Waals surface area contributed by atoms with E-state index in [0.717, 1.165) is 83.1 Å². The van der Waals surface area contributed by atoms with Crippen LogP contribution in [-0.2, 0) is 0 Å². The van der Waals surface area contributed by atoms with Crippen LogP contribution >= 0.6 is 0 Å². The number of halogens is 3. The second-order valence-corrected chi connectivity index (χ2v) is 11.3. The summed E-state index contributed by atoms with van der Waals surface area (Å²) in [4.78, 5) is 29.9. The molecule has 1 atom stereocenters. The quantitative estimate of drug-likeness (QED) is 0.434. The van der Waals surface area contributed by atoms with Crippen LogP contribution in [0.25, 0.3) is 0 Å². The molecule has 3 aliphatic rings. The van der Waals surface area contributed by atoms with E-state index in [1.54, 1.807) is 0 Å². The maximum absolute atomic E-state index is 14.3. The second-order valence-electron chi connectivity index (χ2n) is 11.3. The van der Waals surface area contributed by atoms with Gasteiger partial charge in [-0.15, -0.1) is 0 Å². The maximum atomic E-state index is 14.3. The molecule has 1 saturated carbocycles. The van der Waals surface area contributed by atoms with Crippen LogP contribution in [-0.4, -0.2) is 54.6 Å². The van der Waals surface area contributed by atoms with Gasteiger partial charge in [0.2, 0.25) is 0 Å². The van der Waals surface area contributed by atoms with Crippen molar-refractivity contribution in [1.29, 1.82) is 0 Å². The first-order chi connectivity index (χ1) is 18.9. The second kappa shape index (κ2) is 12.0. The van der Waals surface area contributed by atoms with Crippen LogP contribution < -0.4 is 10.6 Å². The van der Waals surface area contributed by atoms with E-state index in [4.69, 9.17) is 0 Å². The molecule has 9 heteroatoms. The van der Waals surface area contributed by atoms with E-state index in [0.29, 0.717) is 24.6 Å². The lowest BCUT2D eigenvalue weighted by atomic mass is 9.65. The zero-order chi connectivity index (χ0) is 27.4. The van der Waals surface area contributed by atoms with E-state index in [1.165, 1.54) is 28.7 Å². The number of hydrogen-bond acceptors (Lipinski definition) is 3. The van der Waals surface area contributed by atoms with Gasteiger partial charge in [0.1, 0.15) is 5.82 Å². The molecule has 2 aromatic carbocycles. The third-order valence-corrected chi connectivity index (χ3v) is 8.83. The van der Waals surface area contributed by atoms with Crippen molar-refractivity contribution < 1.29 is 22.8 Å². The highest BCUT2D eigenvalue weighted by molar-refractivity contribution is 5.95. The number of nitrogens with one attached hydrogen (secondary N) is 2. The van der Waals surface area contributed by atoms with Gasteiger partial charge in [-0.1, -0.05) is 37.5 Å². The first-order valence-corrected chi connectivity index (χ1v) is 14.1. The number of likely N-dealkylation sites (tertiary alicyclic amines) is 1. The van der Waals surface area contributed by atoms with Gasteiger partial charge in [-0.25, -0.2) is 27.7 Å². The minimum absolute atomic E-state index is 0.217. The SMILES string of the molecule is O=C(NCCCN1CCC(c2ccc(F)cc2)CC1)N1C(=O)NCC2(CCCCC2)[C@@H]1c1ccc(F)c(F)c1. The zero-order valence-electron chi connectivity index (χ0n) is 22.2. The molecule has 1 aliphatic carbocycles. The Bertz CT molecular complexity index is 1160. The van der Waals surface area contributed by atoms with Crippen molar-refractivity contribution in [2.24, 2.45) is 5.41 Å². The predicted molar refractivity (Wildman–Crippen MR) is 143 cm³/mol. The van der Waals surface area contributed by atoms with Crippen LogP contribution in [0.1, 0.15) is 74.5 Å². The minimum atomic E-state index is -0.979. The van der Waals surface area contributed by atoms with Gasteiger partial charge >= 0.3 is 12.1 Å². The number of carbonyl (C=O) groups excluding carboxylic acids is 2. The van der Waals surface area contributed by atoms with Gasteiger partial charge in [0.05, 0.1) is 6.04 Å². The Morgan fingerprint density at radius 3 is 2.33 bits per heavy atom. The Kier molecular flexibility index (Phi) is 8.45. The lowest BCUT2D eigenvalue weighted by Crippen LogP contribution is -2.62. The van der Waals surface area contributed by atoms with E-state index in [-0.39, 0.29) is 5.82 Å². The molecule has 1 spiro atoms. The van der Waals surface area contributed by atoms with Crippen molar-refractivity contribution in [3.05, 3.63) is 71.0 Å². The van der Waals surface area contributed by atoms with Crippen LogP contribution in [0.3, 0.4) is 0 Å². The molecule has 210 valence electrons. The smallest absolute Gasteiger partial charge is 0.326 e. The minimum Gasteiger partial charge on any atom is -0.338 e. The normalized spacial score (nSPS) is 22.1. The van der Waals surface area contributed by atoms with Crippen molar-refractivity contribution in [3.8, 4) is 0 Å². The van der Waals surface area contributed by atoms with Gasteiger partial charge in [0, 0.05) is 18.5 Å². The van der Waals surface area contributed by atoms with Crippen molar-refractivity contribution in [3.63, 3.8) is 0 Å². The number of amides is 4. The Morgan fingerprint density at radius 1 is 0.949 bits per heavy atom. The lowest BCUT2D eigenvalue weighted by molar-refractivity contribution is 0.0404. The summed E-state index contributed by atoms with van der Waals surface area (Å²) >= 11 is 0. The number of benzene rings is 2. The van der Waals surface area contributed by atoms with Crippen LogP contribution in [0, 0.1) is 22.9 Å². The van der Waals surface area contributed by atoms with Crippen molar-refractivity contribution in [2.75, 3.05) is 32.7 Å². The van der Waals surface area contributed by atoms with Gasteiger partial charge < -0.3 is 15.5 Å². The zero-order valence-corrected chi connectivity index (χ0v) is 22.2. The van der Waals surface area contributed by atoms with Gasteiger partial charge in [0.15, 0.2) is 11.6 Å². The number of piperidine rings is 1. The maximum Gasteiger partial charge on any atom is 0.326 e. The average molecular weight is 543 g/mol. The highest BCUT2D eigenvalue weighted by Gasteiger charge is 2.51. The highest BCUT2D eigenvalue weighted by atomic mass is 19.2. The predicted octanol–water partition coefficient (Wildman–Crippen LogP) is 6.10. The standard InChI is InChI=1S/C30H37F3N4O2/c31-24-8-5-21(6-9-24)22-11-17-36(18-12-22)16-4-15-34-28(38)37-27(23-7-10-25(32)26(33)19-23)30(20-35-29(37)39)13-2-1-3-14-30/h5-10,19,22,27H,1-4,11-18,20H2,(H,34,38)(H,35,39)/t27-/m0/s1. The number of carbonyl (C=O) groups is 2. The molecule has 2 aliphatic heterocycles. The fourth-order valence-corrected chi connectivity index (χ4v) is 6.73. The summed E-state index contributed by atoms with van der Waals surface area (Å²) in [6.45, 7) is 3.50. The molecule has 6 nitrogen and oxygen atoms in total. The molecule has 0 radical (unpaired) electrons. The number of urea groups is 2. The van der Waals surface area contributed by atoms with E-state index in [2.05, 4.69) is 15.5 Å². The Morgan fingerprint density at radius 2 is 1.64 bits per heavy atom. The van der Waals surface area contributed by atoms with Crippen molar-refractivity contribution >= 4 is 12.1 Å². The number of rotatable bonds is 6. The third-order valence-electron chi connectivity index (χ3n) is 8.83. The fraction of sp³-hybridized carbons (Fsp3) is 0.533. The summed E-state index contributed by atoms with van der Waals surface area (Å²) in [6.07, 6.45) is 7.33. The third kappa shape index (κ3) is 6.08. The molecule has 2 aromatic rings. The molecule has 0 aromatic heterocycles. The van der Waals surface area contributed by atoms with Gasteiger partial charge in [-0.2, -0.15) is 0 Å². The van der Waals surface area contributed by atoms with E-state index < -0.39 is 35.2 Å². The number of imide groups is 1. The molecule has 2 N–H and O–H groups in total. The van der Waals surface area contributed by atoms with Crippen LogP contribution in [0.15, 0.2) is 42.5 Å². The topological polar surface area (TPSA) is 64.7 Å². The Hall–Kier alpha value is -3.07. The Balaban J connectivity index is 1.18. The summed E-state index contributed by atoms with van der Waals surface area (Å²) in [6, 6.07) is 8.78. The fourth-order valence-electron chi connectivity index (χ4n) is 6.73. The molecule has 2 saturated heterocycles. The lowest BCUT2D eigenvalue weighted by Gasteiger charge is -2.51. The number of hydrogen-bond donors (Lipinski definition) is 2. The Labute approximate surface area is 227 Å². The van der Waals surface area contributed by atoms with Gasteiger partial charge in [-0.3, -0.25) is 0 Å². The molecule has 39 heavy (non-hydrogen) atoms. The van der Waals surface area contributed by atoms with E-state index in [9.17, 15) is 22.8 Å². The average Bonchev–Trinajstić information content (AvgIpc) is 2.95. The van der Waals surface area contributed by atoms with Crippen molar-refractivity contribution in [1.82, 2.24) is 20.4 Å².